The summed E-state index contributed by atoms with van der Waals surface area (Å²) in [4.78, 5) is 25.7. The Morgan fingerprint density at radius 3 is 2.30 bits per heavy atom. The van der Waals surface area contributed by atoms with E-state index in [0.29, 0.717) is 12.2 Å². The molecule has 1 aliphatic heterocycles. The van der Waals surface area contributed by atoms with E-state index in [-0.39, 0.29) is 12.0 Å². The highest BCUT2D eigenvalue weighted by Gasteiger charge is 2.38. The summed E-state index contributed by atoms with van der Waals surface area (Å²) >= 11 is 1.53. The molecule has 1 heterocycles. The van der Waals surface area contributed by atoms with Crippen molar-refractivity contribution in [2.24, 2.45) is 4.99 Å². The number of nitrogens with zero attached hydrogens (tertiary/aromatic N) is 1. The lowest BCUT2D eigenvalue weighted by Gasteiger charge is -2.25. The van der Waals surface area contributed by atoms with Gasteiger partial charge in [0.2, 0.25) is 0 Å². The zero-order valence-corrected chi connectivity index (χ0v) is 15.6. The van der Waals surface area contributed by atoms with Crippen LogP contribution in [0, 0.1) is 0 Å². The van der Waals surface area contributed by atoms with Crippen molar-refractivity contribution in [1.29, 1.82) is 0 Å². The maximum Gasteiger partial charge on any atom is 0.490 e. The number of hydrogen-bond donors (Lipinski definition) is 2. The molecule has 2 N–H and O–H groups in total. The summed E-state index contributed by atoms with van der Waals surface area (Å²) in [7, 11) is 0. The van der Waals surface area contributed by atoms with Crippen molar-refractivity contribution in [3.8, 4) is 0 Å². The van der Waals surface area contributed by atoms with E-state index in [2.05, 4.69) is 10.3 Å². The third-order valence-corrected chi connectivity index (χ3v) is 3.86. The Morgan fingerprint density at radius 2 is 1.85 bits per heavy atom. The minimum Gasteiger partial charge on any atom is -0.475 e. The molecule has 1 aromatic carbocycles. The summed E-state index contributed by atoms with van der Waals surface area (Å²) in [6.45, 7) is 4.04. The molecule has 0 radical (unpaired) electrons. The highest BCUT2D eigenvalue weighted by Crippen LogP contribution is 2.32. The van der Waals surface area contributed by atoms with Crippen LogP contribution in [0.5, 0.6) is 0 Å². The third-order valence-electron chi connectivity index (χ3n) is 3.26. The van der Waals surface area contributed by atoms with Gasteiger partial charge in [-0.05, 0) is 25.7 Å². The summed E-state index contributed by atoms with van der Waals surface area (Å²) in [5, 5.41) is 11.1. The monoisotopic (exact) mass is 404 g/mol. The van der Waals surface area contributed by atoms with Gasteiger partial charge in [0.15, 0.2) is 5.17 Å². The number of ether oxygens (including phenoxy) is 1. The van der Waals surface area contributed by atoms with Gasteiger partial charge in [0.05, 0.1) is 12.2 Å². The highest BCUT2D eigenvalue weighted by molar-refractivity contribution is 8.13. The second-order valence-electron chi connectivity index (χ2n) is 5.14. The van der Waals surface area contributed by atoms with Gasteiger partial charge >= 0.3 is 18.1 Å². The van der Waals surface area contributed by atoms with Crippen molar-refractivity contribution in [1.82, 2.24) is 5.32 Å². The molecule has 148 valence electrons. The third kappa shape index (κ3) is 6.63. The first kappa shape index (κ1) is 22.6. The van der Waals surface area contributed by atoms with Crippen molar-refractivity contribution in [2.75, 3.05) is 12.9 Å². The van der Waals surface area contributed by atoms with Gasteiger partial charge in [-0.25, -0.2) is 14.6 Å². The lowest BCUT2D eigenvalue weighted by atomic mass is 9.97. The number of esters is 1. The van der Waals surface area contributed by atoms with Crippen molar-refractivity contribution in [3.63, 3.8) is 0 Å². The standard InChI is InChI=1S/C15H18N2O2S.C2HF3O2/c1-4-19-14(18)12-10(2)16-15(20-3)17-13(12)11-8-6-5-7-9-11;3-2(4,5)1(6)7/h5-9,13H,4H2,1-3H3,(H,16,17);(H,6,7). The van der Waals surface area contributed by atoms with Gasteiger partial charge in [0.1, 0.15) is 6.04 Å². The first-order chi connectivity index (χ1) is 12.6. The summed E-state index contributed by atoms with van der Waals surface area (Å²) in [6.07, 6.45) is -3.13. The van der Waals surface area contributed by atoms with E-state index < -0.39 is 12.1 Å². The van der Waals surface area contributed by atoms with Crippen LogP contribution in [0.25, 0.3) is 0 Å². The van der Waals surface area contributed by atoms with Crippen molar-refractivity contribution >= 4 is 28.9 Å². The van der Waals surface area contributed by atoms with Crippen molar-refractivity contribution < 1.29 is 32.6 Å². The second kappa shape index (κ2) is 10.0. The number of aliphatic carboxylic acids is 1. The van der Waals surface area contributed by atoms with Crippen LogP contribution in [0.3, 0.4) is 0 Å². The first-order valence-corrected chi connectivity index (χ1v) is 8.96. The van der Waals surface area contributed by atoms with Gasteiger partial charge in [-0.1, -0.05) is 42.1 Å². The van der Waals surface area contributed by atoms with Crippen LogP contribution in [-0.4, -0.2) is 41.3 Å². The molecule has 0 bridgehead atoms. The number of benzene rings is 1. The fourth-order valence-electron chi connectivity index (χ4n) is 2.10. The van der Waals surface area contributed by atoms with E-state index in [1.165, 1.54) is 11.8 Å². The largest absolute Gasteiger partial charge is 0.490 e. The summed E-state index contributed by atoms with van der Waals surface area (Å²) in [6, 6.07) is 9.49. The van der Waals surface area contributed by atoms with Crippen LogP contribution in [0.1, 0.15) is 25.5 Å². The quantitative estimate of drug-likeness (QED) is 0.750. The van der Waals surface area contributed by atoms with Crippen LogP contribution in [0.4, 0.5) is 13.2 Å². The predicted octanol–water partition coefficient (Wildman–Crippen LogP) is 3.52. The van der Waals surface area contributed by atoms with Gasteiger partial charge in [-0.3, -0.25) is 0 Å². The van der Waals surface area contributed by atoms with E-state index in [4.69, 9.17) is 14.6 Å². The zero-order valence-electron chi connectivity index (χ0n) is 14.8. The molecule has 0 aromatic heterocycles. The van der Waals surface area contributed by atoms with E-state index in [9.17, 15) is 18.0 Å². The number of alkyl halides is 3. The number of carbonyl (C=O) groups is 2. The van der Waals surface area contributed by atoms with Crippen molar-refractivity contribution in [3.05, 3.63) is 47.2 Å². The average Bonchev–Trinajstić information content (AvgIpc) is 2.61. The molecule has 1 unspecified atom stereocenters. The average molecular weight is 404 g/mol. The van der Waals surface area contributed by atoms with Gasteiger partial charge in [-0.15, -0.1) is 0 Å². The number of carbonyl (C=O) groups excluding carboxylic acids is 1. The minimum atomic E-state index is -5.08. The Balaban J connectivity index is 0.000000445. The normalized spacial score (nSPS) is 16.5. The van der Waals surface area contributed by atoms with Crippen LogP contribution in [-0.2, 0) is 14.3 Å². The van der Waals surface area contributed by atoms with Crippen LogP contribution in [0.15, 0.2) is 46.6 Å². The van der Waals surface area contributed by atoms with E-state index in [1.54, 1.807) is 6.92 Å². The highest BCUT2D eigenvalue weighted by atomic mass is 32.2. The first-order valence-electron chi connectivity index (χ1n) is 7.73. The van der Waals surface area contributed by atoms with Gasteiger partial charge in [0.25, 0.3) is 0 Å². The van der Waals surface area contributed by atoms with Gasteiger partial charge in [-0.2, -0.15) is 13.2 Å². The van der Waals surface area contributed by atoms with E-state index in [0.717, 1.165) is 16.4 Å². The number of amidine groups is 1. The predicted molar refractivity (Wildman–Crippen MR) is 96.3 cm³/mol. The van der Waals surface area contributed by atoms with Crippen molar-refractivity contribution in [2.45, 2.75) is 26.1 Å². The summed E-state index contributed by atoms with van der Waals surface area (Å²) in [5.41, 5.74) is 2.37. The zero-order chi connectivity index (χ0) is 20.6. The Labute approximate surface area is 158 Å². The molecule has 0 fully saturated rings. The number of rotatable bonds is 3. The van der Waals surface area contributed by atoms with Crippen LogP contribution < -0.4 is 5.32 Å². The Hall–Kier alpha value is -2.49. The number of thioether (sulfide) groups is 1. The molecular formula is C17H19F3N2O4S. The topological polar surface area (TPSA) is 88.0 Å². The lowest BCUT2D eigenvalue weighted by molar-refractivity contribution is -0.192. The molecule has 0 spiro atoms. The number of halogens is 3. The molecule has 1 aromatic rings. The molecule has 27 heavy (non-hydrogen) atoms. The van der Waals surface area contributed by atoms with E-state index >= 15 is 0 Å². The molecule has 1 aliphatic rings. The summed E-state index contributed by atoms with van der Waals surface area (Å²) in [5.74, 6) is -3.07. The van der Waals surface area contributed by atoms with Gasteiger partial charge < -0.3 is 15.2 Å². The van der Waals surface area contributed by atoms with Crippen LogP contribution in [0.2, 0.25) is 0 Å². The Kier molecular flexibility index (Phi) is 8.35. The number of carboxylic acids is 1. The molecule has 2 rings (SSSR count). The number of nitrogens with one attached hydrogen (secondary N) is 1. The van der Waals surface area contributed by atoms with Crippen LogP contribution >= 0.6 is 11.8 Å². The maximum atomic E-state index is 12.2. The summed E-state index contributed by atoms with van der Waals surface area (Å²) < 4.78 is 36.9. The van der Waals surface area contributed by atoms with Gasteiger partial charge in [0, 0.05) is 5.70 Å². The molecule has 0 saturated heterocycles. The van der Waals surface area contributed by atoms with E-state index in [1.807, 2.05) is 43.5 Å². The molecule has 1 atom stereocenters. The smallest absolute Gasteiger partial charge is 0.475 e. The maximum absolute atomic E-state index is 12.2. The molecular weight excluding hydrogens is 385 g/mol. The SMILES string of the molecule is CCOC(=O)C1=C(C)NC(SC)=NC1c1ccccc1.O=C(O)C(F)(F)F. The second-order valence-corrected chi connectivity index (χ2v) is 5.93. The minimum absolute atomic E-state index is 0.307. The lowest BCUT2D eigenvalue weighted by Crippen LogP contribution is -2.30. The number of carboxylic acid groups (broad SMARTS) is 1. The molecule has 10 heteroatoms. The molecule has 0 aliphatic carbocycles. The Bertz CT molecular complexity index is 733. The number of hydrogen-bond acceptors (Lipinski definition) is 6. The molecule has 6 nitrogen and oxygen atoms in total. The fraction of sp³-hybridized carbons (Fsp3) is 0.353. The molecule has 0 saturated carbocycles. The molecule has 0 amide bonds. The Morgan fingerprint density at radius 1 is 1.30 bits per heavy atom. The number of allylic oxidation sites excluding steroid dienone is 1. The fourth-order valence-corrected chi connectivity index (χ4v) is 2.57. The number of aliphatic imine (C=N–C) groups is 1.